The normalized spacial score (nSPS) is 10.6. The van der Waals surface area contributed by atoms with Crippen LogP contribution < -0.4 is 10.9 Å². The van der Waals surface area contributed by atoms with Crippen molar-refractivity contribution in [1.82, 2.24) is 5.32 Å². The van der Waals surface area contributed by atoms with Gasteiger partial charge in [-0.25, -0.2) is 4.79 Å². The first-order chi connectivity index (χ1) is 12.0. The molecule has 0 fully saturated rings. The van der Waals surface area contributed by atoms with E-state index in [-0.39, 0.29) is 16.3 Å². The minimum Gasteiger partial charge on any atom is -0.480 e. The summed E-state index contributed by atoms with van der Waals surface area (Å²) in [5, 5.41) is 21.0. The van der Waals surface area contributed by atoms with Gasteiger partial charge in [-0.15, -0.1) is 0 Å². The summed E-state index contributed by atoms with van der Waals surface area (Å²) in [6.45, 7) is -0.640. The zero-order valence-electron chi connectivity index (χ0n) is 12.9. The molecule has 7 nitrogen and oxygen atoms in total. The van der Waals surface area contributed by atoms with Gasteiger partial charge in [0.25, 0.3) is 11.9 Å². The number of aromatic hydroxyl groups is 1. The number of rotatable bonds is 4. The molecule has 3 aromatic rings. The molecular formula is C18H13NO6. The largest absolute Gasteiger partial charge is 0.480 e. The third kappa shape index (κ3) is 3.20. The Morgan fingerprint density at radius 3 is 2.40 bits per heavy atom. The average Bonchev–Trinajstić information content (AvgIpc) is 2.60. The molecule has 0 saturated carbocycles. The van der Waals surface area contributed by atoms with Gasteiger partial charge in [0.1, 0.15) is 12.1 Å². The first-order valence-corrected chi connectivity index (χ1v) is 7.32. The Morgan fingerprint density at radius 2 is 1.72 bits per heavy atom. The zero-order valence-corrected chi connectivity index (χ0v) is 12.9. The molecule has 1 aromatic heterocycles. The highest BCUT2D eigenvalue weighted by atomic mass is 16.5. The quantitative estimate of drug-likeness (QED) is 0.669. The average molecular weight is 339 g/mol. The van der Waals surface area contributed by atoms with Crippen LogP contribution in [-0.4, -0.2) is 28.6 Å². The van der Waals surface area contributed by atoms with Crippen LogP contribution in [0.3, 0.4) is 0 Å². The fourth-order valence-corrected chi connectivity index (χ4v) is 2.51. The van der Waals surface area contributed by atoms with E-state index in [9.17, 15) is 19.5 Å². The van der Waals surface area contributed by atoms with Crippen LogP contribution in [-0.2, 0) is 4.79 Å². The van der Waals surface area contributed by atoms with Crippen LogP contribution in [0.15, 0.2) is 57.7 Å². The lowest BCUT2D eigenvalue weighted by Crippen LogP contribution is -2.32. The molecule has 0 bridgehead atoms. The fourth-order valence-electron chi connectivity index (χ4n) is 2.51. The number of amides is 1. The van der Waals surface area contributed by atoms with E-state index in [0.29, 0.717) is 0 Å². The Labute approximate surface area is 141 Å². The van der Waals surface area contributed by atoms with Crippen LogP contribution in [0.5, 0.6) is 5.95 Å². The summed E-state index contributed by atoms with van der Waals surface area (Å²) in [6, 6.07) is 14.1. The topological polar surface area (TPSA) is 117 Å². The molecule has 0 radical (unpaired) electrons. The van der Waals surface area contributed by atoms with Gasteiger partial charge in [-0.05, 0) is 23.3 Å². The number of nitrogens with one attached hydrogen (secondary N) is 1. The molecular weight excluding hydrogens is 326 g/mol. The van der Waals surface area contributed by atoms with E-state index in [4.69, 9.17) is 5.11 Å². The standard InChI is InChI=1S/C18H13NO6/c20-14(21)9-19-16(22)15-13-8-11(10-4-2-1-3-5-10)6-7-12(13)17(23)25-18(15)24/h1-8,23H,9H2,(H,19,22)(H,20,21). The lowest BCUT2D eigenvalue weighted by Gasteiger charge is -2.09. The molecule has 2 aromatic carbocycles. The van der Waals surface area contributed by atoms with Gasteiger partial charge in [-0.3, -0.25) is 9.59 Å². The van der Waals surface area contributed by atoms with Crippen molar-refractivity contribution in [3.8, 4) is 17.1 Å². The molecule has 3 N–H and O–H groups in total. The van der Waals surface area contributed by atoms with Gasteiger partial charge >= 0.3 is 11.6 Å². The van der Waals surface area contributed by atoms with E-state index < -0.39 is 30.0 Å². The molecule has 0 saturated heterocycles. The van der Waals surface area contributed by atoms with Gasteiger partial charge < -0.3 is 19.9 Å². The first-order valence-electron chi connectivity index (χ1n) is 7.32. The number of hydrogen-bond donors (Lipinski definition) is 3. The second kappa shape index (κ2) is 6.48. The van der Waals surface area contributed by atoms with E-state index in [1.807, 2.05) is 30.3 Å². The second-order valence-corrected chi connectivity index (χ2v) is 5.27. The summed E-state index contributed by atoms with van der Waals surface area (Å²) in [6.07, 6.45) is 0. The number of fused-ring (bicyclic) bond motifs is 1. The van der Waals surface area contributed by atoms with E-state index in [0.717, 1.165) is 11.1 Å². The van der Waals surface area contributed by atoms with Gasteiger partial charge in [0.2, 0.25) is 0 Å². The van der Waals surface area contributed by atoms with Crippen LogP contribution in [0.1, 0.15) is 10.4 Å². The van der Waals surface area contributed by atoms with Crippen LogP contribution in [0, 0.1) is 0 Å². The van der Waals surface area contributed by atoms with Crippen molar-refractivity contribution in [2.75, 3.05) is 6.54 Å². The van der Waals surface area contributed by atoms with Crippen molar-refractivity contribution >= 4 is 22.6 Å². The van der Waals surface area contributed by atoms with Crippen molar-refractivity contribution in [3.05, 3.63) is 64.5 Å². The number of aliphatic carboxylic acids is 1. The predicted molar refractivity (Wildman–Crippen MR) is 89.6 cm³/mol. The van der Waals surface area contributed by atoms with Gasteiger partial charge in [-0.1, -0.05) is 36.4 Å². The van der Waals surface area contributed by atoms with Crippen molar-refractivity contribution in [2.45, 2.75) is 0 Å². The van der Waals surface area contributed by atoms with Crippen molar-refractivity contribution in [1.29, 1.82) is 0 Å². The van der Waals surface area contributed by atoms with Gasteiger partial charge in [0.15, 0.2) is 0 Å². The summed E-state index contributed by atoms with van der Waals surface area (Å²) < 4.78 is 4.69. The lowest BCUT2D eigenvalue weighted by atomic mass is 9.99. The Hall–Kier alpha value is -3.61. The molecule has 0 aliphatic rings. The number of carboxylic acid groups (broad SMARTS) is 1. The number of carboxylic acids is 1. The minimum absolute atomic E-state index is 0.179. The van der Waals surface area contributed by atoms with E-state index in [1.54, 1.807) is 12.1 Å². The Bertz CT molecular complexity index is 1020. The summed E-state index contributed by atoms with van der Waals surface area (Å²) in [5.41, 5.74) is 0.185. The van der Waals surface area contributed by atoms with Gasteiger partial charge in [0, 0.05) is 5.39 Å². The Kier molecular flexibility index (Phi) is 4.21. The Morgan fingerprint density at radius 1 is 1.00 bits per heavy atom. The summed E-state index contributed by atoms with van der Waals surface area (Å²) in [5.74, 6) is -2.73. The molecule has 25 heavy (non-hydrogen) atoms. The minimum atomic E-state index is -1.24. The van der Waals surface area contributed by atoms with E-state index >= 15 is 0 Å². The maximum absolute atomic E-state index is 12.2. The molecule has 0 aliphatic heterocycles. The number of carbonyl (C=O) groups is 2. The predicted octanol–water partition coefficient (Wildman–Crippen LogP) is 1.98. The highest BCUT2D eigenvalue weighted by Gasteiger charge is 2.20. The Balaban J connectivity index is 2.19. The van der Waals surface area contributed by atoms with Crippen molar-refractivity contribution in [3.63, 3.8) is 0 Å². The molecule has 3 rings (SSSR count). The summed E-state index contributed by atoms with van der Waals surface area (Å²) >= 11 is 0. The summed E-state index contributed by atoms with van der Waals surface area (Å²) in [4.78, 5) is 34.9. The molecule has 1 amide bonds. The monoisotopic (exact) mass is 339 g/mol. The molecule has 126 valence electrons. The van der Waals surface area contributed by atoms with E-state index in [2.05, 4.69) is 9.73 Å². The lowest BCUT2D eigenvalue weighted by molar-refractivity contribution is -0.135. The number of benzene rings is 2. The van der Waals surface area contributed by atoms with E-state index in [1.165, 1.54) is 6.07 Å². The number of hydrogen-bond acceptors (Lipinski definition) is 5. The molecule has 0 atom stereocenters. The third-order valence-corrected chi connectivity index (χ3v) is 3.65. The molecule has 0 aliphatic carbocycles. The van der Waals surface area contributed by atoms with Crippen LogP contribution in [0.25, 0.3) is 21.9 Å². The highest BCUT2D eigenvalue weighted by molar-refractivity contribution is 6.08. The smallest absolute Gasteiger partial charge is 0.352 e. The molecule has 0 spiro atoms. The summed E-state index contributed by atoms with van der Waals surface area (Å²) in [7, 11) is 0. The zero-order chi connectivity index (χ0) is 18.0. The van der Waals surface area contributed by atoms with Gasteiger partial charge in [0.05, 0.1) is 5.39 Å². The third-order valence-electron chi connectivity index (χ3n) is 3.65. The van der Waals surface area contributed by atoms with Crippen LogP contribution in [0.4, 0.5) is 0 Å². The second-order valence-electron chi connectivity index (χ2n) is 5.27. The maximum Gasteiger partial charge on any atom is 0.352 e. The van der Waals surface area contributed by atoms with Crippen LogP contribution >= 0.6 is 0 Å². The first kappa shape index (κ1) is 16.3. The molecule has 0 unspecified atom stereocenters. The SMILES string of the molecule is O=C(O)CNC(=O)c1c(=O)oc(O)c2ccc(-c3ccccc3)cc12. The fraction of sp³-hybridized carbons (Fsp3) is 0.0556. The highest BCUT2D eigenvalue weighted by Crippen LogP contribution is 2.30. The molecule has 7 heteroatoms. The van der Waals surface area contributed by atoms with Crippen LogP contribution in [0.2, 0.25) is 0 Å². The number of carbonyl (C=O) groups excluding carboxylic acids is 1. The van der Waals surface area contributed by atoms with Crippen molar-refractivity contribution in [2.24, 2.45) is 0 Å². The molecule has 1 heterocycles. The van der Waals surface area contributed by atoms with Gasteiger partial charge in [-0.2, -0.15) is 0 Å². The maximum atomic E-state index is 12.2. The van der Waals surface area contributed by atoms with Crippen molar-refractivity contribution < 1.29 is 24.2 Å².